The zero-order valence-corrected chi connectivity index (χ0v) is 14.9. The lowest BCUT2D eigenvalue weighted by Crippen LogP contribution is -2.30. The van der Waals surface area contributed by atoms with Crippen LogP contribution in [0.15, 0.2) is 48.7 Å². The second kappa shape index (κ2) is 8.77. The highest BCUT2D eigenvalue weighted by Crippen LogP contribution is 2.19. The Balaban J connectivity index is 1.63. The van der Waals surface area contributed by atoms with Gasteiger partial charge >= 0.3 is 0 Å². The van der Waals surface area contributed by atoms with E-state index in [0.29, 0.717) is 12.3 Å². The third-order valence-electron chi connectivity index (χ3n) is 4.88. The molecule has 1 amide bonds. The average Bonchev–Trinajstić information content (AvgIpc) is 3.16. The Kier molecular flexibility index (Phi) is 6.18. The van der Waals surface area contributed by atoms with Gasteiger partial charge in [-0.3, -0.25) is 9.78 Å². The van der Waals surface area contributed by atoms with E-state index in [1.807, 2.05) is 18.2 Å². The fourth-order valence-electron chi connectivity index (χ4n) is 3.33. The van der Waals surface area contributed by atoms with Crippen LogP contribution in [0.2, 0.25) is 0 Å². The summed E-state index contributed by atoms with van der Waals surface area (Å²) in [4.78, 5) is 16.9. The maximum absolute atomic E-state index is 12.5. The van der Waals surface area contributed by atoms with Gasteiger partial charge in [-0.2, -0.15) is 0 Å². The first kappa shape index (κ1) is 17.6. The molecule has 1 saturated heterocycles. The fraction of sp³-hybridized carbons (Fsp3) is 0.429. The molecule has 1 aliphatic rings. The summed E-state index contributed by atoms with van der Waals surface area (Å²) in [5.41, 5.74) is 3.37. The minimum absolute atomic E-state index is 0.0851. The lowest BCUT2D eigenvalue weighted by atomic mass is 10.00. The number of rotatable bonds is 7. The summed E-state index contributed by atoms with van der Waals surface area (Å²) in [7, 11) is 0. The summed E-state index contributed by atoms with van der Waals surface area (Å²) < 4.78 is 0. The third kappa shape index (κ3) is 5.40. The molecule has 0 bridgehead atoms. The Hall–Kier alpha value is -2.20. The molecule has 132 valence electrons. The smallest absolute Gasteiger partial charge is 0.220 e. The van der Waals surface area contributed by atoms with Crippen LogP contribution in [0.3, 0.4) is 0 Å². The topological polar surface area (TPSA) is 54.0 Å². The van der Waals surface area contributed by atoms with Crippen molar-refractivity contribution in [2.24, 2.45) is 5.92 Å². The quantitative estimate of drug-likeness (QED) is 0.816. The third-order valence-corrected chi connectivity index (χ3v) is 4.88. The molecule has 1 aliphatic heterocycles. The molecule has 1 fully saturated rings. The molecule has 1 aromatic carbocycles. The number of carbonyl (C=O) groups is 1. The van der Waals surface area contributed by atoms with Crippen molar-refractivity contribution < 1.29 is 4.79 Å². The van der Waals surface area contributed by atoms with Crippen LogP contribution in [0, 0.1) is 12.8 Å². The minimum Gasteiger partial charge on any atom is -0.347 e. The van der Waals surface area contributed by atoms with E-state index in [9.17, 15) is 4.79 Å². The molecule has 0 radical (unpaired) electrons. The van der Waals surface area contributed by atoms with Crippen molar-refractivity contribution in [2.75, 3.05) is 13.1 Å². The first-order valence-electron chi connectivity index (χ1n) is 9.17. The van der Waals surface area contributed by atoms with Crippen LogP contribution in [0.1, 0.15) is 42.1 Å². The molecular weight excluding hydrogens is 310 g/mol. The van der Waals surface area contributed by atoms with E-state index in [1.165, 1.54) is 17.5 Å². The first-order valence-corrected chi connectivity index (χ1v) is 9.17. The van der Waals surface area contributed by atoms with Gasteiger partial charge in [0.05, 0.1) is 11.7 Å². The molecule has 4 heteroatoms. The number of hydrogen-bond donors (Lipinski definition) is 2. The van der Waals surface area contributed by atoms with Crippen LogP contribution < -0.4 is 10.6 Å². The van der Waals surface area contributed by atoms with E-state index in [1.54, 1.807) is 6.20 Å². The summed E-state index contributed by atoms with van der Waals surface area (Å²) in [5, 5.41) is 6.56. The monoisotopic (exact) mass is 337 g/mol. The van der Waals surface area contributed by atoms with Gasteiger partial charge in [-0.05, 0) is 62.9 Å². The standard InChI is InChI=1S/C21H27N3O/c1-16-5-7-17(8-6-16)14-20(19-4-2-3-12-23-19)24-21(25)10-9-18-11-13-22-15-18/h2-8,12,18,20,22H,9-11,13-15H2,1H3,(H,24,25). The molecule has 25 heavy (non-hydrogen) atoms. The molecule has 1 aromatic heterocycles. The van der Waals surface area contributed by atoms with E-state index in [4.69, 9.17) is 0 Å². The van der Waals surface area contributed by atoms with Crippen molar-refractivity contribution in [3.05, 3.63) is 65.5 Å². The van der Waals surface area contributed by atoms with Crippen molar-refractivity contribution in [3.8, 4) is 0 Å². The summed E-state index contributed by atoms with van der Waals surface area (Å²) in [6, 6.07) is 14.3. The number of benzene rings is 1. The molecule has 2 unspecified atom stereocenters. The lowest BCUT2D eigenvalue weighted by Gasteiger charge is -2.19. The molecule has 4 nitrogen and oxygen atoms in total. The van der Waals surface area contributed by atoms with Crippen molar-refractivity contribution in [3.63, 3.8) is 0 Å². The Morgan fingerprint density at radius 2 is 2.12 bits per heavy atom. The zero-order valence-electron chi connectivity index (χ0n) is 14.9. The largest absolute Gasteiger partial charge is 0.347 e. The number of aryl methyl sites for hydroxylation is 1. The van der Waals surface area contributed by atoms with Gasteiger partial charge in [0.15, 0.2) is 0 Å². The van der Waals surface area contributed by atoms with Crippen molar-refractivity contribution >= 4 is 5.91 Å². The highest BCUT2D eigenvalue weighted by molar-refractivity contribution is 5.76. The van der Waals surface area contributed by atoms with Crippen LogP contribution in [-0.2, 0) is 11.2 Å². The summed E-state index contributed by atoms with van der Waals surface area (Å²) in [5.74, 6) is 0.755. The van der Waals surface area contributed by atoms with Crippen LogP contribution >= 0.6 is 0 Å². The number of amides is 1. The normalized spacial score (nSPS) is 18.0. The molecule has 2 heterocycles. The van der Waals surface area contributed by atoms with Crippen molar-refractivity contribution in [1.29, 1.82) is 0 Å². The predicted molar refractivity (Wildman–Crippen MR) is 100 cm³/mol. The highest BCUT2D eigenvalue weighted by Gasteiger charge is 2.19. The molecule has 3 rings (SSSR count). The Labute approximate surface area is 150 Å². The minimum atomic E-state index is -0.0851. The Morgan fingerprint density at radius 3 is 2.80 bits per heavy atom. The number of nitrogens with zero attached hydrogens (tertiary/aromatic N) is 1. The van der Waals surface area contributed by atoms with Crippen LogP contribution in [0.25, 0.3) is 0 Å². The van der Waals surface area contributed by atoms with Gasteiger partial charge < -0.3 is 10.6 Å². The maximum atomic E-state index is 12.5. The van der Waals surface area contributed by atoms with Crippen LogP contribution in [0.5, 0.6) is 0 Å². The second-order valence-corrected chi connectivity index (χ2v) is 6.96. The SMILES string of the molecule is Cc1ccc(CC(NC(=O)CCC2CCNC2)c2ccccn2)cc1. The first-order chi connectivity index (χ1) is 12.2. The van der Waals surface area contributed by atoms with Crippen LogP contribution in [-0.4, -0.2) is 24.0 Å². The molecule has 0 saturated carbocycles. The number of aromatic nitrogens is 1. The summed E-state index contributed by atoms with van der Waals surface area (Å²) in [6.45, 7) is 4.20. The number of hydrogen-bond acceptors (Lipinski definition) is 3. The van der Waals surface area contributed by atoms with Gasteiger partial charge in [0.25, 0.3) is 0 Å². The summed E-state index contributed by atoms with van der Waals surface area (Å²) >= 11 is 0. The Morgan fingerprint density at radius 1 is 1.28 bits per heavy atom. The zero-order chi connectivity index (χ0) is 17.5. The molecule has 0 spiro atoms. The molecule has 2 aromatic rings. The number of nitrogens with one attached hydrogen (secondary N) is 2. The lowest BCUT2D eigenvalue weighted by molar-refractivity contribution is -0.122. The molecule has 2 N–H and O–H groups in total. The maximum Gasteiger partial charge on any atom is 0.220 e. The molecule has 2 atom stereocenters. The van der Waals surface area contributed by atoms with Gasteiger partial charge in [0.1, 0.15) is 0 Å². The van der Waals surface area contributed by atoms with E-state index >= 15 is 0 Å². The van der Waals surface area contributed by atoms with Gasteiger partial charge in [-0.1, -0.05) is 35.9 Å². The highest BCUT2D eigenvalue weighted by atomic mass is 16.1. The van der Waals surface area contributed by atoms with E-state index in [-0.39, 0.29) is 11.9 Å². The van der Waals surface area contributed by atoms with Crippen LogP contribution in [0.4, 0.5) is 0 Å². The summed E-state index contributed by atoms with van der Waals surface area (Å²) in [6.07, 6.45) is 5.27. The van der Waals surface area contributed by atoms with Gasteiger partial charge in [-0.15, -0.1) is 0 Å². The van der Waals surface area contributed by atoms with Crippen molar-refractivity contribution in [1.82, 2.24) is 15.6 Å². The molecule has 0 aliphatic carbocycles. The number of pyridine rings is 1. The average molecular weight is 337 g/mol. The molecular formula is C21H27N3O. The second-order valence-electron chi connectivity index (χ2n) is 6.96. The van der Waals surface area contributed by atoms with Gasteiger partial charge in [-0.25, -0.2) is 0 Å². The van der Waals surface area contributed by atoms with Gasteiger partial charge in [0, 0.05) is 12.6 Å². The fourth-order valence-corrected chi connectivity index (χ4v) is 3.33. The van der Waals surface area contributed by atoms with Crippen molar-refractivity contribution in [2.45, 2.75) is 38.6 Å². The van der Waals surface area contributed by atoms with E-state index in [0.717, 1.165) is 31.6 Å². The van der Waals surface area contributed by atoms with E-state index < -0.39 is 0 Å². The van der Waals surface area contributed by atoms with E-state index in [2.05, 4.69) is 46.8 Å². The van der Waals surface area contributed by atoms with Gasteiger partial charge in [0.2, 0.25) is 5.91 Å². The number of carbonyl (C=O) groups excluding carboxylic acids is 1. The predicted octanol–water partition coefficient (Wildman–Crippen LogP) is 3.18. The Bertz CT molecular complexity index is 663.